The summed E-state index contributed by atoms with van der Waals surface area (Å²) >= 11 is 0. The number of hydrogen-bond acceptors (Lipinski definition) is 4. The zero-order valence-corrected chi connectivity index (χ0v) is 14.7. The zero-order chi connectivity index (χ0) is 17.6. The van der Waals surface area contributed by atoms with Crippen LogP contribution in [0, 0.1) is 6.92 Å². The molecule has 0 saturated carbocycles. The lowest BCUT2D eigenvalue weighted by Crippen LogP contribution is -2.47. The van der Waals surface area contributed by atoms with Gasteiger partial charge in [-0.05, 0) is 36.8 Å². The van der Waals surface area contributed by atoms with Crippen molar-refractivity contribution in [2.75, 3.05) is 48.7 Å². The fraction of sp³-hybridized carbons (Fsp3) is 0.350. The first kappa shape index (κ1) is 17.3. The molecule has 1 saturated heterocycles. The van der Waals surface area contributed by atoms with Crippen LogP contribution in [0.3, 0.4) is 0 Å². The molecule has 0 unspecified atom stereocenters. The lowest BCUT2D eigenvalue weighted by atomic mass is 10.2. The molecule has 1 fully saturated rings. The van der Waals surface area contributed by atoms with Gasteiger partial charge in [0.05, 0.1) is 11.4 Å². The monoisotopic (exact) mass is 338 g/mol. The Balaban J connectivity index is 1.43. The highest BCUT2D eigenvalue weighted by atomic mass is 16.1. The van der Waals surface area contributed by atoms with Gasteiger partial charge in [0.2, 0.25) is 5.91 Å². The second-order valence-corrected chi connectivity index (χ2v) is 6.55. The van der Waals surface area contributed by atoms with E-state index in [0.717, 1.165) is 32.7 Å². The maximum absolute atomic E-state index is 12.1. The molecule has 1 aliphatic rings. The van der Waals surface area contributed by atoms with Gasteiger partial charge in [-0.3, -0.25) is 9.69 Å². The summed E-state index contributed by atoms with van der Waals surface area (Å²) in [5.41, 5.74) is 9.73. The number of nitrogen functional groups attached to an aromatic ring is 1. The third-order valence-electron chi connectivity index (χ3n) is 4.63. The molecule has 25 heavy (non-hydrogen) atoms. The highest BCUT2D eigenvalue weighted by Gasteiger charge is 2.18. The number of benzene rings is 2. The molecule has 1 heterocycles. The van der Waals surface area contributed by atoms with E-state index in [1.807, 2.05) is 18.2 Å². The number of nitrogens with two attached hydrogens (primary N) is 1. The van der Waals surface area contributed by atoms with Crippen LogP contribution in [0.1, 0.15) is 12.0 Å². The van der Waals surface area contributed by atoms with Gasteiger partial charge in [0.25, 0.3) is 0 Å². The largest absolute Gasteiger partial charge is 0.397 e. The first-order valence-corrected chi connectivity index (χ1v) is 8.80. The van der Waals surface area contributed by atoms with Crippen molar-refractivity contribution in [2.45, 2.75) is 13.3 Å². The molecule has 3 rings (SSSR count). The summed E-state index contributed by atoms with van der Waals surface area (Å²) in [5, 5.41) is 2.89. The minimum atomic E-state index is 0.0130. The van der Waals surface area contributed by atoms with Gasteiger partial charge in [0, 0.05) is 44.8 Å². The molecular weight excluding hydrogens is 312 g/mol. The predicted octanol–water partition coefficient (Wildman–Crippen LogP) is 2.73. The predicted molar refractivity (Wildman–Crippen MR) is 104 cm³/mol. The minimum Gasteiger partial charge on any atom is -0.397 e. The maximum Gasteiger partial charge on any atom is 0.225 e. The Hall–Kier alpha value is -2.53. The fourth-order valence-corrected chi connectivity index (χ4v) is 3.14. The third-order valence-corrected chi connectivity index (χ3v) is 4.63. The van der Waals surface area contributed by atoms with Crippen molar-refractivity contribution in [1.29, 1.82) is 0 Å². The molecule has 0 aliphatic carbocycles. The zero-order valence-electron chi connectivity index (χ0n) is 14.7. The molecule has 5 nitrogen and oxygen atoms in total. The molecular formula is C20H26N4O. The lowest BCUT2D eigenvalue weighted by Gasteiger charge is -2.36. The van der Waals surface area contributed by atoms with Gasteiger partial charge < -0.3 is 16.0 Å². The molecule has 3 N–H and O–H groups in total. The van der Waals surface area contributed by atoms with Crippen molar-refractivity contribution in [3.8, 4) is 0 Å². The molecule has 1 aliphatic heterocycles. The van der Waals surface area contributed by atoms with Crippen LogP contribution in [0.5, 0.6) is 0 Å². The van der Waals surface area contributed by atoms with Crippen molar-refractivity contribution >= 4 is 23.0 Å². The Kier molecular flexibility index (Phi) is 5.56. The van der Waals surface area contributed by atoms with E-state index in [1.54, 1.807) is 6.07 Å². The van der Waals surface area contributed by atoms with Crippen molar-refractivity contribution in [3.05, 3.63) is 54.1 Å². The molecule has 1 amide bonds. The number of nitrogens with zero attached hydrogens (tertiary/aromatic N) is 2. The number of hydrogen-bond donors (Lipinski definition) is 2. The first-order valence-electron chi connectivity index (χ1n) is 8.80. The van der Waals surface area contributed by atoms with E-state index in [2.05, 4.69) is 46.3 Å². The normalized spacial score (nSPS) is 15.2. The molecule has 0 bridgehead atoms. The molecule has 2 aromatic rings. The van der Waals surface area contributed by atoms with Gasteiger partial charge in [0.1, 0.15) is 0 Å². The van der Waals surface area contributed by atoms with E-state index in [0.29, 0.717) is 17.8 Å². The average molecular weight is 338 g/mol. The van der Waals surface area contributed by atoms with E-state index >= 15 is 0 Å². The van der Waals surface area contributed by atoms with Crippen molar-refractivity contribution in [3.63, 3.8) is 0 Å². The average Bonchev–Trinajstić information content (AvgIpc) is 2.62. The number of carbonyl (C=O) groups excluding carboxylic acids is 1. The molecule has 0 spiro atoms. The summed E-state index contributed by atoms with van der Waals surface area (Å²) < 4.78 is 0. The van der Waals surface area contributed by atoms with Crippen LogP contribution in [-0.2, 0) is 4.79 Å². The maximum atomic E-state index is 12.1. The SMILES string of the molecule is Cc1cccc(N2CCN(CCC(=O)Nc3ccccc3N)CC2)c1. The number of para-hydroxylation sites is 2. The van der Waals surface area contributed by atoms with E-state index in [9.17, 15) is 4.79 Å². The lowest BCUT2D eigenvalue weighted by molar-refractivity contribution is -0.116. The minimum absolute atomic E-state index is 0.0130. The summed E-state index contributed by atoms with van der Waals surface area (Å²) in [7, 11) is 0. The Morgan fingerprint density at radius 1 is 1.08 bits per heavy atom. The molecule has 2 aromatic carbocycles. The topological polar surface area (TPSA) is 61.6 Å². The number of aryl methyl sites for hydroxylation is 1. The van der Waals surface area contributed by atoms with Gasteiger partial charge >= 0.3 is 0 Å². The van der Waals surface area contributed by atoms with Crippen LogP contribution in [0.2, 0.25) is 0 Å². The van der Waals surface area contributed by atoms with Gasteiger partial charge in [0.15, 0.2) is 0 Å². The number of piperazine rings is 1. The molecule has 132 valence electrons. The van der Waals surface area contributed by atoms with Gasteiger partial charge in [-0.2, -0.15) is 0 Å². The first-order chi connectivity index (χ1) is 12.1. The second-order valence-electron chi connectivity index (χ2n) is 6.55. The highest BCUT2D eigenvalue weighted by molar-refractivity contribution is 5.93. The van der Waals surface area contributed by atoms with Crippen LogP contribution in [0.15, 0.2) is 48.5 Å². The summed E-state index contributed by atoms with van der Waals surface area (Å²) in [6.45, 7) is 6.86. The Bertz CT molecular complexity index is 723. The molecule has 0 radical (unpaired) electrons. The van der Waals surface area contributed by atoms with Crippen LogP contribution in [0.4, 0.5) is 17.1 Å². The number of anilines is 3. The van der Waals surface area contributed by atoms with E-state index in [-0.39, 0.29) is 5.91 Å². The van der Waals surface area contributed by atoms with Crippen molar-refractivity contribution in [2.24, 2.45) is 0 Å². The Morgan fingerprint density at radius 3 is 2.56 bits per heavy atom. The van der Waals surface area contributed by atoms with Crippen molar-refractivity contribution < 1.29 is 4.79 Å². The smallest absolute Gasteiger partial charge is 0.225 e. The van der Waals surface area contributed by atoms with Gasteiger partial charge in [-0.15, -0.1) is 0 Å². The summed E-state index contributed by atoms with van der Waals surface area (Å²) in [6, 6.07) is 16.0. The fourth-order valence-electron chi connectivity index (χ4n) is 3.14. The number of rotatable bonds is 5. The number of amides is 1. The van der Waals surface area contributed by atoms with Crippen LogP contribution in [0.25, 0.3) is 0 Å². The summed E-state index contributed by atoms with van der Waals surface area (Å²) in [4.78, 5) is 16.9. The quantitative estimate of drug-likeness (QED) is 0.823. The van der Waals surface area contributed by atoms with E-state index in [1.165, 1.54) is 11.3 Å². The second kappa shape index (κ2) is 8.03. The van der Waals surface area contributed by atoms with Crippen LogP contribution < -0.4 is 16.0 Å². The standard InChI is InChI=1S/C20H26N4O/c1-16-5-4-6-17(15-16)24-13-11-23(12-14-24)10-9-20(25)22-19-8-3-2-7-18(19)21/h2-8,15H,9-14,21H2,1H3,(H,22,25). The Labute approximate surface area is 149 Å². The highest BCUT2D eigenvalue weighted by Crippen LogP contribution is 2.19. The molecule has 0 aromatic heterocycles. The Morgan fingerprint density at radius 2 is 1.84 bits per heavy atom. The number of nitrogens with one attached hydrogen (secondary N) is 1. The van der Waals surface area contributed by atoms with Crippen LogP contribution in [-0.4, -0.2) is 43.5 Å². The van der Waals surface area contributed by atoms with Gasteiger partial charge in [-0.1, -0.05) is 24.3 Å². The van der Waals surface area contributed by atoms with Crippen LogP contribution >= 0.6 is 0 Å². The summed E-state index contributed by atoms with van der Waals surface area (Å²) in [5.74, 6) is 0.0130. The molecule has 0 atom stereocenters. The van der Waals surface area contributed by atoms with Crippen molar-refractivity contribution in [1.82, 2.24) is 4.90 Å². The molecule has 5 heteroatoms. The summed E-state index contributed by atoms with van der Waals surface area (Å²) in [6.07, 6.45) is 0.485. The number of carbonyl (C=O) groups is 1. The third kappa shape index (κ3) is 4.73. The van der Waals surface area contributed by atoms with Gasteiger partial charge in [-0.25, -0.2) is 0 Å². The van der Waals surface area contributed by atoms with E-state index in [4.69, 9.17) is 5.73 Å². The van der Waals surface area contributed by atoms with E-state index < -0.39 is 0 Å².